The lowest BCUT2D eigenvalue weighted by Crippen LogP contribution is -2.30. The van der Waals surface area contributed by atoms with Crippen LogP contribution >= 0.6 is 0 Å². The number of carbonyl (C=O) groups excluding carboxylic acids is 1. The van der Waals surface area contributed by atoms with Crippen molar-refractivity contribution < 1.29 is 14.6 Å². The average molecular weight is 249 g/mol. The zero-order chi connectivity index (χ0) is 13.4. The maximum Gasteiger partial charge on any atom is 0.320 e. The Morgan fingerprint density at radius 2 is 2.11 bits per heavy atom. The lowest BCUT2D eigenvalue weighted by atomic mass is 10.2. The first-order valence-electron chi connectivity index (χ1n) is 5.92. The lowest BCUT2D eigenvalue weighted by Gasteiger charge is -2.19. The Bertz CT molecular complexity index is 387. The van der Waals surface area contributed by atoms with E-state index in [1.54, 1.807) is 25.1 Å². The fourth-order valence-corrected chi connectivity index (χ4v) is 1.62. The second-order valence-electron chi connectivity index (χ2n) is 3.93. The largest absolute Gasteiger partial charge is 0.508 e. The van der Waals surface area contributed by atoms with Gasteiger partial charge in [0.25, 0.3) is 0 Å². The highest BCUT2D eigenvalue weighted by atomic mass is 16.5. The molecule has 0 saturated heterocycles. The second-order valence-corrected chi connectivity index (χ2v) is 3.93. The molecule has 0 aromatic heterocycles. The number of aromatic hydroxyl groups is 1. The van der Waals surface area contributed by atoms with Crippen molar-refractivity contribution >= 4 is 5.97 Å². The van der Waals surface area contributed by atoms with Crippen LogP contribution in [0.5, 0.6) is 5.75 Å². The number of rotatable bonds is 7. The van der Waals surface area contributed by atoms with Gasteiger partial charge in [0.2, 0.25) is 0 Å². The van der Waals surface area contributed by atoms with Crippen LogP contribution in [0.3, 0.4) is 0 Å². The van der Waals surface area contributed by atoms with Crippen LogP contribution in [0.25, 0.3) is 0 Å². The van der Waals surface area contributed by atoms with Crippen LogP contribution in [-0.2, 0) is 16.1 Å². The molecule has 0 spiro atoms. The first kappa shape index (κ1) is 14.3. The van der Waals surface area contributed by atoms with E-state index in [1.165, 1.54) is 0 Å². The molecule has 1 aromatic rings. The van der Waals surface area contributed by atoms with Crippen LogP contribution in [0.15, 0.2) is 36.9 Å². The number of phenolic OH excluding ortho intramolecular Hbond substituents is 1. The maximum absolute atomic E-state index is 11.4. The molecule has 0 aliphatic carbocycles. The molecule has 1 N–H and O–H groups in total. The van der Waals surface area contributed by atoms with Gasteiger partial charge in [-0.15, -0.1) is 6.58 Å². The lowest BCUT2D eigenvalue weighted by molar-refractivity contribution is -0.144. The minimum absolute atomic E-state index is 0.236. The zero-order valence-electron chi connectivity index (χ0n) is 10.6. The summed E-state index contributed by atoms with van der Waals surface area (Å²) in [6.07, 6.45) is 1.75. The van der Waals surface area contributed by atoms with Crippen LogP contribution in [0.4, 0.5) is 0 Å². The Morgan fingerprint density at radius 1 is 1.44 bits per heavy atom. The third-order valence-electron chi connectivity index (χ3n) is 2.39. The van der Waals surface area contributed by atoms with E-state index >= 15 is 0 Å². The van der Waals surface area contributed by atoms with E-state index in [2.05, 4.69) is 6.58 Å². The molecular weight excluding hydrogens is 230 g/mol. The molecule has 98 valence electrons. The van der Waals surface area contributed by atoms with Crippen molar-refractivity contribution in [1.29, 1.82) is 0 Å². The van der Waals surface area contributed by atoms with Gasteiger partial charge in [0.05, 0.1) is 13.2 Å². The summed E-state index contributed by atoms with van der Waals surface area (Å²) in [6.45, 7) is 7.32. The summed E-state index contributed by atoms with van der Waals surface area (Å²) >= 11 is 0. The number of ether oxygens (including phenoxy) is 1. The smallest absolute Gasteiger partial charge is 0.320 e. The van der Waals surface area contributed by atoms with Crippen LogP contribution in [0, 0.1) is 0 Å². The van der Waals surface area contributed by atoms with Crippen LogP contribution in [0.1, 0.15) is 12.5 Å². The Labute approximate surface area is 107 Å². The molecule has 4 heteroatoms. The molecule has 0 aliphatic heterocycles. The molecule has 0 bridgehead atoms. The molecule has 0 radical (unpaired) electrons. The van der Waals surface area contributed by atoms with E-state index in [0.29, 0.717) is 19.7 Å². The third-order valence-corrected chi connectivity index (χ3v) is 2.39. The molecule has 0 amide bonds. The van der Waals surface area contributed by atoms with E-state index in [4.69, 9.17) is 4.74 Å². The first-order valence-corrected chi connectivity index (χ1v) is 5.92. The minimum Gasteiger partial charge on any atom is -0.508 e. The van der Waals surface area contributed by atoms with Gasteiger partial charge in [-0.3, -0.25) is 9.69 Å². The minimum atomic E-state index is -0.238. The molecule has 4 nitrogen and oxygen atoms in total. The van der Waals surface area contributed by atoms with Crippen LogP contribution < -0.4 is 0 Å². The molecule has 0 saturated carbocycles. The van der Waals surface area contributed by atoms with Crippen molar-refractivity contribution in [2.45, 2.75) is 13.5 Å². The molecular formula is C14H19NO3. The van der Waals surface area contributed by atoms with E-state index in [0.717, 1.165) is 5.56 Å². The van der Waals surface area contributed by atoms with E-state index < -0.39 is 0 Å². The number of nitrogens with zero attached hydrogens (tertiary/aromatic N) is 1. The van der Waals surface area contributed by atoms with Crippen molar-refractivity contribution in [1.82, 2.24) is 4.90 Å². The Morgan fingerprint density at radius 3 is 2.67 bits per heavy atom. The molecule has 0 aliphatic rings. The molecule has 0 unspecified atom stereocenters. The fourth-order valence-electron chi connectivity index (χ4n) is 1.62. The Balaban J connectivity index is 2.59. The van der Waals surface area contributed by atoms with E-state index in [-0.39, 0.29) is 18.3 Å². The Hall–Kier alpha value is -1.81. The van der Waals surface area contributed by atoms with Crippen LogP contribution in [0.2, 0.25) is 0 Å². The molecule has 1 aromatic carbocycles. The average Bonchev–Trinajstić information content (AvgIpc) is 2.32. The van der Waals surface area contributed by atoms with Gasteiger partial charge in [-0.05, 0) is 24.6 Å². The van der Waals surface area contributed by atoms with Crippen molar-refractivity contribution in [2.24, 2.45) is 0 Å². The quantitative estimate of drug-likeness (QED) is 0.592. The summed E-state index contributed by atoms with van der Waals surface area (Å²) in [6, 6.07) is 6.92. The van der Waals surface area contributed by atoms with Gasteiger partial charge < -0.3 is 9.84 Å². The molecule has 0 heterocycles. The highest BCUT2D eigenvalue weighted by Crippen LogP contribution is 2.11. The topological polar surface area (TPSA) is 49.8 Å². The highest BCUT2D eigenvalue weighted by Gasteiger charge is 2.10. The normalized spacial score (nSPS) is 10.3. The van der Waals surface area contributed by atoms with E-state index in [1.807, 2.05) is 17.0 Å². The summed E-state index contributed by atoms with van der Waals surface area (Å²) in [4.78, 5) is 13.4. The number of benzene rings is 1. The molecule has 0 fully saturated rings. The monoisotopic (exact) mass is 249 g/mol. The number of hydrogen-bond acceptors (Lipinski definition) is 4. The van der Waals surface area contributed by atoms with E-state index in [9.17, 15) is 9.90 Å². The van der Waals surface area contributed by atoms with Crippen LogP contribution in [-0.4, -0.2) is 35.7 Å². The van der Waals surface area contributed by atoms with Crippen molar-refractivity contribution in [3.05, 3.63) is 42.5 Å². The number of carbonyl (C=O) groups is 1. The molecule has 0 atom stereocenters. The first-order chi connectivity index (χ1) is 8.65. The Kier molecular flexibility index (Phi) is 5.94. The van der Waals surface area contributed by atoms with Gasteiger partial charge in [-0.2, -0.15) is 0 Å². The standard InChI is InChI=1S/C14H19NO3/c1-3-9-15(11-14(17)18-4-2)10-12-5-7-13(16)8-6-12/h3,5-8,16H,1,4,9-11H2,2H3. The fraction of sp³-hybridized carbons (Fsp3) is 0.357. The predicted molar refractivity (Wildman–Crippen MR) is 70.2 cm³/mol. The second kappa shape index (κ2) is 7.50. The SMILES string of the molecule is C=CCN(CC(=O)OCC)Cc1ccc(O)cc1. The maximum atomic E-state index is 11.4. The number of hydrogen-bond donors (Lipinski definition) is 1. The van der Waals surface area contributed by atoms with Crippen molar-refractivity contribution in [3.8, 4) is 5.75 Å². The van der Waals surface area contributed by atoms with Gasteiger partial charge in [0, 0.05) is 13.1 Å². The molecule has 1 rings (SSSR count). The summed E-state index contributed by atoms with van der Waals surface area (Å²) in [5.41, 5.74) is 1.03. The van der Waals surface area contributed by atoms with Crippen molar-refractivity contribution in [3.63, 3.8) is 0 Å². The summed E-state index contributed by atoms with van der Waals surface area (Å²) in [5, 5.41) is 9.21. The number of esters is 1. The predicted octanol–water partition coefficient (Wildman–Crippen LogP) is 1.94. The van der Waals surface area contributed by atoms with Gasteiger partial charge in [-0.1, -0.05) is 18.2 Å². The zero-order valence-corrected chi connectivity index (χ0v) is 10.6. The molecule has 18 heavy (non-hydrogen) atoms. The highest BCUT2D eigenvalue weighted by molar-refractivity contribution is 5.71. The van der Waals surface area contributed by atoms with Gasteiger partial charge in [0.1, 0.15) is 5.75 Å². The summed E-state index contributed by atoms with van der Waals surface area (Å²) in [7, 11) is 0. The summed E-state index contributed by atoms with van der Waals surface area (Å²) in [5.74, 6) is -0.00228. The van der Waals surface area contributed by atoms with Gasteiger partial charge >= 0.3 is 5.97 Å². The summed E-state index contributed by atoms with van der Waals surface area (Å²) < 4.78 is 4.92. The van der Waals surface area contributed by atoms with Crippen molar-refractivity contribution in [2.75, 3.05) is 19.7 Å². The van der Waals surface area contributed by atoms with Gasteiger partial charge in [0.15, 0.2) is 0 Å². The van der Waals surface area contributed by atoms with Gasteiger partial charge in [-0.25, -0.2) is 0 Å². The number of phenols is 1. The third kappa shape index (κ3) is 5.01.